The molecule has 154 valence electrons. The highest BCUT2D eigenvalue weighted by Crippen LogP contribution is 2.28. The van der Waals surface area contributed by atoms with Gasteiger partial charge in [-0.3, -0.25) is 4.79 Å². The number of hydrogen-bond donors (Lipinski definition) is 0. The average Bonchev–Trinajstić information content (AvgIpc) is 3.03. The number of hydrogen-bond acceptors (Lipinski definition) is 5. The Kier molecular flexibility index (Phi) is 6.71. The number of rotatable bonds is 7. The van der Waals surface area contributed by atoms with E-state index in [0.717, 1.165) is 10.2 Å². The van der Waals surface area contributed by atoms with E-state index in [4.69, 9.17) is 14.2 Å². The maximum Gasteiger partial charge on any atom is 0.279 e. The molecule has 0 unspecified atom stereocenters. The number of carbonyl (C=O) groups is 1. The van der Waals surface area contributed by atoms with Crippen molar-refractivity contribution in [1.82, 2.24) is 4.57 Å². The third-order valence-corrected chi connectivity index (χ3v) is 5.83. The Morgan fingerprint density at radius 3 is 2.48 bits per heavy atom. The van der Waals surface area contributed by atoms with Gasteiger partial charge in [0.25, 0.3) is 5.91 Å². The van der Waals surface area contributed by atoms with E-state index in [1.165, 1.54) is 22.5 Å². The Hall–Kier alpha value is -2.64. The SMILES string of the molecule is CCOCCn1c(=NC(=O)c2ccc(OC)c(OC)c2)sc2cc(C)c(C)cc21. The first-order chi connectivity index (χ1) is 14.0. The zero-order valence-electron chi connectivity index (χ0n) is 17.4. The van der Waals surface area contributed by atoms with Crippen molar-refractivity contribution in [2.75, 3.05) is 27.4 Å². The van der Waals surface area contributed by atoms with Crippen LogP contribution in [0.5, 0.6) is 11.5 Å². The fourth-order valence-corrected chi connectivity index (χ4v) is 4.18. The maximum absolute atomic E-state index is 12.9. The number of ether oxygens (including phenoxy) is 3. The summed E-state index contributed by atoms with van der Waals surface area (Å²) in [6.07, 6.45) is 0. The molecule has 0 atom stereocenters. The number of methoxy groups -OCH3 is 2. The van der Waals surface area contributed by atoms with Crippen LogP contribution in [-0.2, 0) is 11.3 Å². The first kappa shape index (κ1) is 21.1. The first-order valence-corrected chi connectivity index (χ1v) is 10.3. The molecule has 0 aliphatic rings. The number of amides is 1. The van der Waals surface area contributed by atoms with Gasteiger partial charge in [-0.15, -0.1) is 0 Å². The van der Waals surface area contributed by atoms with Gasteiger partial charge in [0.15, 0.2) is 16.3 Å². The molecule has 6 nitrogen and oxygen atoms in total. The summed E-state index contributed by atoms with van der Waals surface area (Å²) in [7, 11) is 3.10. The van der Waals surface area contributed by atoms with Gasteiger partial charge in [0.2, 0.25) is 0 Å². The predicted molar refractivity (Wildman–Crippen MR) is 115 cm³/mol. The van der Waals surface area contributed by atoms with Crippen LogP contribution in [0.2, 0.25) is 0 Å². The maximum atomic E-state index is 12.9. The summed E-state index contributed by atoms with van der Waals surface area (Å²) in [4.78, 5) is 18.0. The van der Waals surface area contributed by atoms with Gasteiger partial charge >= 0.3 is 0 Å². The van der Waals surface area contributed by atoms with Crippen LogP contribution in [0.4, 0.5) is 0 Å². The lowest BCUT2D eigenvalue weighted by Crippen LogP contribution is -2.19. The third-order valence-electron chi connectivity index (χ3n) is 4.79. The van der Waals surface area contributed by atoms with E-state index >= 15 is 0 Å². The molecule has 1 amide bonds. The molecule has 0 N–H and O–H groups in total. The molecule has 2 aromatic carbocycles. The second-order valence-corrected chi connectivity index (χ2v) is 7.63. The number of nitrogens with zero attached hydrogens (tertiary/aromatic N) is 2. The van der Waals surface area contributed by atoms with Crippen molar-refractivity contribution < 1.29 is 19.0 Å². The smallest absolute Gasteiger partial charge is 0.279 e. The Morgan fingerprint density at radius 1 is 1.07 bits per heavy atom. The summed E-state index contributed by atoms with van der Waals surface area (Å²) in [6, 6.07) is 9.35. The highest BCUT2D eigenvalue weighted by molar-refractivity contribution is 7.16. The van der Waals surface area contributed by atoms with Gasteiger partial charge in [0, 0.05) is 18.7 Å². The van der Waals surface area contributed by atoms with Crippen LogP contribution < -0.4 is 14.3 Å². The Bertz CT molecular complexity index is 1100. The molecule has 0 saturated heterocycles. The highest BCUT2D eigenvalue weighted by Gasteiger charge is 2.13. The van der Waals surface area contributed by atoms with Gasteiger partial charge in [0.1, 0.15) is 0 Å². The molecule has 0 radical (unpaired) electrons. The molecule has 0 aliphatic heterocycles. The molecule has 1 aromatic heterocycles. The molecular formula is C22H26N2O4S. The normalized spacial score (nSPS) is 11.8. The van der Waals surface area contributed by atoms with Gasteiger partial charge in [-0.1, -0.05) is 11.3 Å². The number of benzene rings is 2. The van der Waals surface area contributed by atoms with Crippen molar-refractivity contribution in [3.05, 3.63) is 51.8 Å². The quantitative estimate of drug-likeness (QED) is 0.546. The van der Waals surface area contributed by atoms with Crippen molar-refractivity contribution in [3.8, 4) is 11.5 Å². The van der Waals surface area contributed by atoms with Crippen LogP contribution in [0, 0.1) is 13.8 Å². The van der Waals surface area contributed by atoms with E-state index in [0.29, 0.717) is 41.6 Å². The van der Waals surface area contributed by atoms with Crippen molar-refractivity contribution in [3.63, 3.8) is 0 Å². The Balaban J connectivity index is 2.08. The molecule has 3 rings (SSSR count). The summed E-state index contributed by atoms with van der Waals surface area (Å²) in [6.45, 7) is 7.99. The van der Waals surface area contributed by atoms with Gasteiger partial charge < -0.3 is 18.8 Å². The van der Waals surface area contributed by atoms with Crippen molar-refractivity contribution in [1.29, 1.82) is 0 Å². The predicted octanol–water partition coefficient (Wildman–Crippen LogP) is 4.11. The van der Waals surface area contributed by atoms with Crippen LogP contribution in [0.1, 0.15) is 28.4 Å². The molecule has 7 heteroatoms. The molecule has 0 bridgehead atoms. The second kappa shape index (κ2) is 9.24. The first-order valence-electron chi connectivity index (χ1n) is 9.47. The van der Waals surface area contributed by atoms with Crippen LogP contribution >= 0.6 is 11.3 Å². The summed E-state index contributed by atoms with van der Waals surface area (Å²) in [5, 5.41) is 0. The lowest BCUT2D eigenvalue weighted by molar-refractivity contribution is 0.0996. The fourth-order valence-electron chi connectivity index (χ4n) is 3.04. The molecule has 0 fully saturated rings. The fraction of sp³-hybridized carbons (Fsp3) is 0.364. The Morgan fingerprint density at radius 2 is 1.79 bits per heavy atom. The van der Waals surface area contributed by atoms with Gasteiger partial charge in [-0.2, -0.15) is 4.99 Å². The molecule has 3 aromatic rings. The number of aryl methyl sites for hydroxylation is 2. The minimum Gasteiger partial charge on any atom is -0.493 e. The molecule has 0 saturated carbocycles. The van der Waals surface area contributed by atoms with E-state index in [9.17, 15) is 4.79 Å². The lowest BCUT2D eigenvalue weighted by atomic mass is 10.1. The summed E-state index contributed by atoms with van der Waals surface area (Å²) in [5.41, 5.74) is 3.94. The summed E-state index contributed by atoms with van der Waals surface area (Å²) < 4.78 is 19.2. The van der Waals surface area contributed by atoms with Gasteiger partial charge in [0.05, 0.1) is 31.0 Å². The topological polar surface area (TPSA) is 62.1 Å². The number of aromatic nitrogens is 1. The standard InChI is InChI=1S/C22H26N2O4S/c1-6-28-10-9-24-17-11-14(2)15(3)12-20(17)29-22(24)23-21(25)16-7-8-18(26-4)19(13-16)27-5/h7-8,11-13H,6,9-10H2,1-5H3. The highest BCUT2D eigenvalue weighted by atomic mass is 32.1. The van der Waals surface area contributed by atoms with Crippen LogP contribution in [0.25, 0.3) is 10.2 Å². The van der Waals surface area contributed by atoms with Crippen LogP contribution in [0.3, 0.4) is 0 Å². The van der Waals surface area contributed by atoms with Crippen molar-refractivity contribution in [2.45, 2.75) is 27.3 Å². The molecule has 0 spiro atoms. The zero-order valence-corrected chi connectivity index (χ0v) is 18.3. The lowest BCUT2D eigenvalue weighted by Gasteiger charge is -2.08. The zero-order chi connectivity index (χ0) is 21.0. The Labute approximate surface area is 174 Å². The third kappa shape index (κ3) is 4.52. The van der Waals surface area contributed by atoms with E-state index in [2.05, 4.69) is 35.5 Å². The van der Waals surface area contributed by atoms with Crippen LogP contribution in [0.15, 0.2) is 35.3 Å². The summed E-state index contributed by atoms with van der Waals surface area (Å²) in [5.74, 6) is 0.750. The minimum atomic E-state index is -0.323. The molecular weight excluding hydrogens is 388 g/mol. The van der Waals surface area contributed by atoms with Gasteiger partial charge in [-0.25, -0.2) is 0 Å². The van der Waals surface area contributed by atoms with E-state index in [1.807, 2.05) is 6.92 Å². The van der Waals surface area contributed by atoms with Crippen molar-refractivity contribution >= 4 is 27.5 Å². The van der Waals surface area contributed by atoms with Crippen molar-refractivity contribution in [2.24, 2.45) is 4.99 Å². The second-order valence-electron chi connectivity index (χ2n) is 6.62. The van der Waals surface area contributed by atoms with Gasteiger partial charge in [-0.05, 0) is 62.2 Å². The molecule has 29 heavy (non-hydrogen) atoms. The molecule has 0 aliphatic carbocycles. The van der Waals surface area contributed by atoms with E-state index in [1.54, 1.807) is 32.4 Å². The monoisotopic (exact) mass is 414 g/mol. The average molecular weight is 415 g/mol. The number of carbonyl (C=O) groups excluding carboxylic acids is 1. The number of fused-ring (bicyclic) bond motifs is 1. The summed E-state index contributed by atoms with van der Waals surface area (Å²) >= 11 is 1.51. The van der Waals surface area contributed by atoms with E-state index < -0.39 is 0 Å². The molecule has 1 heterocycles. The van der Waals surface area contributed by atoms with Crippen LogP contribution in [-0.4, -0.2) is 37.9 Å². The van der Waals surface area contributed by atoms with E-state index in [-0.39, 0.29) is 5.91 Å². The minimum absolute atomic E-state index is 0.323. The largest absolute Gasteiger partial charge is 0.493 e. The number of thiazole rings is 1.